The summed E-state index contributed by atoms with van der Waals surface area (Å²) in [5.41, 5.74) is 0. The second kappa shape index (κ2) is 7.49. The Hall–Kier alpha value is -1.75. The Balaban J connectivity index is 1.84. The van der Waals surface area contributed by atoms with Gasteiger partial charge in [0.15, 0.2) is 6.10 Å². The molecule has 6 heteroatoms. The molecule has 0 saturated carbocycles. The van der Waals surface area contributed by atoms with E-state index in [9.17, 15) is 9.59 Å². The third kappa shape index (κ3) is 4.63. The van der Waals surface area contributed by atoms with Crippen LogP contribution in [-0.2, 0) is 9.59 Å². The number of ether oxygens (including phenoxy) is 1. The van der Waals surface area contributed by atoms with Gasteiger partial charge in [0, 0.05) is 31.1 Å². The lowest BCUT2D eigenvalue weighted by molar-refractivity contribution is -0.139. The van der Waals surface area contributed by atoms with E-state index in [1.807, 2.05) is 0 Å². The number of piperidine rings is 1. The molecule has 0 spiro atoms. The SMILES string of the molecule is CC(=O)NC1CCN(C(=O)C(C)Oc2ccc(Cl)cc2)CC1. The van der Waals surface area contributed by atoms with Gasteiger partial charge in [-0.15, -0.1) is 0 Å². The van der Waals surface area contributed by atoms with E-state index in [1.165, 1.54) is 6.92 Å². The first-order valence-electron chi connectivity index (χ1n) is 7.44. The lowest BCUT2D eigenvalue weighted by Gasteiger charge is -2.33. The van der Waals surface area contributed by atoms with Crippen molar-refractivity contribution in [3.8, 4) is 5.75 Å². The molecule has 5 nitrogen and oxygen atoms in total. The molecule has 0 bridgehead atoms. The fraction of sp³-hybridized carbons (Fsp3) is 0.500. The molecule has 1 unspecified atom stereocenters. The predicted molar refractivity (Wildman–Crippen MR) is 85.0 cm³/mol. The summed E-state index contributed by atoms with van der Waals surface area (Å²) < 4.78 is 5.66. The Labute approximate surface area is 135 Å². The third-order valence-corrected chi connectivity index (χ3v) is 3.94. The lowest BCUT2D eigenvalue weighted by atomic mass is 10.0. The molecule has 1 aliphatic heterocycles. The van der Waals surface area contributed by atoms with Crippen LogP contribution in [0.2, 0.25) is 5.02 Å². The molecule has 2 amide bonds. The summed E-state index contributed by atoms with van der Waals surface area (Å²) in [5.74, 6) is 0.568. The van der Waals surface area contributed by atoms with E-state index in [4.69, 9.17) is 16.3 Å². The van der Waals surface area contributed by atoms with Crippen molar-refractivity contribution in [3.05, 3.63) is 29.3 Å². The molecular formula is C16H21ClN2O3. The molecule has 1 atom stereocenters. The number of benzene rings is 1. The van der Waals surface area contributed by atoms with Gasteiger partial charge in [0.05, 0.1) is 0 Å². The summed E-state index contributed by atoms with van der Waals surface area (Å²) in [7, 11) is 0. The van der Waals surface area contributed by atoms with E-state index in [-0.39, 0.29) is 17.9 Å². The number of amides is 2. The molecule has 0 radical (unpaired) electrons. The quantitative estimate of drug-likeness (QED) is 0.924. The summed E-state index contributed by atoms with van der Waals surface area (Å²) in [6, 6.07) is 7.11. The minimum absolute atomic E-state index is 0.0239. The molecule has 1 aromatic rings. The zero-order valence-electron chi connectivity index (χ0n) is 12.8. The standard InChI is InChI=1S/C16H21ClN2O3/c1-11(22-15-5-3-13(17)4-6-15)16(21)19-9-7-14(8-10-19)18-12(2)20/h3-6,11,14H,7-10H2,1-2H3,(H,18,20). The Kier molecular flexibility index (Phi) is 5.66. The van der Waals surface area contributed by atoms with E-state index in [1.54, 1.807) is 36.1 Å². The van der Waals surface area contributed by atoms with Crippen molar-refractivity contribution in [2.24, 2.45) is 0 Å². The monoisotopic (exact) mass is 324 g/mol. The Morgan fingerprint density at radius 3 is 2.41 bits per heavy atom. The van der Waals surface area contributed by atoms with Crippen molar-refractivity contribution in [2.45, 2.75) is 38.8 Å². The van der Waals surface area contributed by atoms with Crippen molar-refractivity contribution >= 4 is 23.4 Å². The predicted octanol–water partition coefficient (Wildman–Crippen LogP) is 2.23. The molecule has 1 aromatic carbocycles. The maximum absolute atomic E-state index is 12.4. The van der Waals surface area contributed by atoms with Gasteiger partial charge in [-0.2, -0.15) is 0 Å². The first kappa shape index (κ1) is 16.6. The molecule has 1 aliphatic rings. The van der Waals surface area contributed by atoms with Crippen LogP contribution in [0.1, 0.15) is 26.7 Å². The van der Waals surface area contributed by atoms with Crippen LogP contribution in [-0.4, -0.2) is 41.9 Å². The van der Waals surface area contributed by atoms with Gasteiger partial charge in [-0.25, -0.2) is 0 Å². The van der Waals surface area contributed by atoms with Gasteiger partial charge in [-0.3, -0.25) is 9.59 Å². The van der Waals surface area contributed by atoms with Crippen LogP contribution in [0, 0.1) is 0 Å². The highest BCUT2D eigenvalue weighted by atomic mass is 35.5. The minimum Gasteiger partial charge on any atom is -0.481 e. The molecule has 1 heterocycles. The van der Waals surface area contributed by atoms with Gasteiger partial charge in [-0.1, -0.05) is 11.6 Å². The zero-order chi connectivity index (χ0) is 16.1. The lowest BCUT2D eigenvalue weighted by Crippen LogP contribution is -2.49. The molecule has 0 aromatic heterocycles. The van der Waals surface area contributed by atoms with E-state index >= 15 is 0 Å². The van der Waals surface area contributed by atoms with Gasteiger partial charge in [0.1, 0.15) is 5.75 Å². The van der Waals surface area contributed by atoms with Gasteiger partial charge in [0.2, 0.25) is 5.91 Å². The van der Waals surface area contributed by atoms with E-state index in [0.717, 1.165) is 12.8 Å². The maximum Gasteiger partial charge on any atom is 0.263 e. The number of carbonyl (C=O) groups is 2. The summed E-state index contributed by atoms with van der Waals surface area (Å²) in [4.78, 5) is 25.2. The zero-order valence-corrected chi connectivity index (χ0v) is 13.6. The molecule has 1 N–H and O–H groups in total. The van der Waals surface area contributed by atoms with Crippen molar-refractivity contribution in [1.82, 2.24) is 10.2 Å². The normalized spacial score (nSPS) is 17.0. The number of rotatable bonds is 4. The second-order valence-electron chi connectivity index (χ2n) is 5.51. The molecular weight excluding hydrogens is 304 g/mol. The van der Waals surface area contributed by atoms with Crippen LogP contribution in [0.3, 0.4) is 0 Å². The number of nitrogens with one attached hydrogen (secondary N) is 1. The average Bonchev–Trinajstić information content (AvgIpc) is 2.49. The summed E-state index contributed by atoms with van der Waals surface area (Å²) in [6.07, 6.45) is 1.01. The van der Waals surface area contributed by atoms with Gasteiger partial charge >= 0.3 is 0 Å². The number of hydrogen-bond donors (Lipinski definition) is 1. The van der Waals surface area contributed by atoms with Crippen molar-refractivity contribution in [1.29, 1.82) is 0 Å². The molecule has 1 fully saturated rings. The summed E-state index contributed by atoms with van der Waals surface area (Å²) >= 11 is 5.82. The molecule has 2 rings (SSSR count). The molecule has 120 valence electrons. The van der Waals surface area contributed by atoms with E-state index in [0.29, 0.717) is 23.9 Å². The number of carbonyl (C=O) groups excluding carboxylic acids is 2. The maximum atomic E-state index is 12.4. The number of likely N-dealkylation sites (tertiary alicyclic amines) is 1. The number of hydrogen-bond acceptors (Lipinski definition) is 3. The highest BCUT2D eigenvalue weighted by Crippen LogP contribution is 2.18. The third-order valence-electron chi connectivity index (χ3n) is 3.69. The number of nitrogens with zero attached hydrogens (tertiary/aromatic N) is 1. The van der Waals surface area contributed by atoms with Crippen LogP contribution in [0.25, 0.3) is 0 Å². The van der Waals surface area contributed by atoms with Crippen LogP contribution in [0.15, 0.2) is 24.3 Å². The van der Waals surface area contributed by atoms with Crippen molar-refractivity contribution in [3.63, 3.8) is 0 Å². The topological polar surface area (TPSA) is 58.6 Å². The van der Waals surface area contributed by atoms with Crippen LogP contribution in [0.5, 0.6) is 5.75 Å². The first-order chi connectivity index (χ1) is 10.5. The smallest absolute Gasteiger partial charge is 0.263 e. The summed E-state index contributed by atoms with van der Waals surface area (Å²) in [6.45, 7) is 4.53. The summed E-state index contributed by atoms with van der Waals surface area (Å²) in [5, 5.41) is 3.53. The first-order valence-corrected chi connectivity index (χ1v) is 7.81. The molecule has 22 heavy (non-hydrogen) atoms. The Morgan fingerprint density at radius 2 is 1.86 bits per heavy atom. The van der Waals surface area contributed by atoms with Crippen LogP contribution in [0.4, 0.5) is 0 Å². The fourth-order valence-corrected chi connectivity index (χ4v) is 2.68. The highest BCUT2D eigenvalue weighted by Gasteiger charge is 2.27. The van der Waals surface area contributed by atoms with Crippen LogP contribution < -0.4 is 10.1 Å². The number of halogens is 1. The van der Waals surface area contributed by atoms with Crippen molar-refractivity contribution < 1.29 is 14.3 Å². The van der Waals surface area contributed by atoms with Crippen molar-refractivity contribution in [2.75, 3.05) is 13.1 Å². The Bertz CT molecular complexity index is 525. The van der Waals surface area contributed by atoms with Crippen LogP contribution >= 0.6 is 11.6 Å². The molecule has 0 aliphatic carbocycles. The second-order valence-corrected chi connectivity index (χ2v) is 5.95. The molecule has 1 saturated heterocycles. The highest BCUT2D eigenvalue weighted by molar-refractivity contribution is 6.30. The van der Waals surface area contributed by atoms with E-state index < -0.39 is 6.10 Å². The largest absolute Gasteiger partial charge is 0.481 e. The average molecular weight is 325 g/mol. The van der Waals surface area contributed by atoms with E-state index in [2.05, 4.69) is 5.32 Å². The Morgan fingerprint density at radius 1 is 1.27 bits per heavy atom. The fourth-order valence-electron chi connectivity index (χ4n) is 2.56. The minimum atomic E-state index is -0.543. The van der Waals surface area contributed by atoms with Gasteiger partial charge in [-0.05, 0) is 44.0 Å². The van der Waals surface area contributed by atoms with Gasteiger partial charge in [0.25, 0.3) is 5.91 Å². The van der Waals surface area contributed by atoms with Gasteiger partial charge < -0.3 is 15.0 Å².